The zero-order chi connectivity index (χ0) is 15.7. The number of morpholine rings is 1. The average molecular weight is 319 g/mol. The van der Waals surface area contributed by atoms with Crippen molar-refractivity contribution >= 4 is 17.5 Å². The maximum Gasteiger partial charge on any atom is 0.246 e. The lowest BCUT2D eigenvalue weighted by atomic mass is 10.1. The quantitative estimate of drug-likeness (QED) is 0.851. The highest BCUT2D eigenvalue weighted by Gasteiger charge is 2.29. The van der Waals surface area contributed by atoms with Crippen LogP contribution in [0.25, 0.3) is 0 Å². The van der Waals surface area contributed by atoms with Crippen molar-refractivity contribution in [3.63, 3.8) is 0 Å². The van der Waals surface area contributed by atoms with Crippen LogP contribution in [0.4, 0.5) is 5.95 Å². The molecule has 0 unspecified atom stereocenters. The monoisotopic (exact) mass is 318 g/mol. The van der Waals surface area contributed by atoms with Gasteiger partial charge in [0.15, 0.2) is 0 Å². The fourth-order valence-electron chi connectivity index (χ4n) is 2.51. The number of anilines is 1. The molecule has 2 aromatic rings. The summed E-state index contributed by atoms with van der Waals surface area (Å²) in [5.41, 5.74) is 2.83. The first-order chi connectivity index (χ1) is 10.5. The van der Waals surface area contributed by atoms with Crippen LogP contribution in [0.1, 0.15) is 30.0 Å². The fourth-order valence-corrected chi connectivity index (χ4v) is 2.71. The standard InChI is InChI=1S/C16H19ClN4O/c1-10-9-22-15(13-5-4-6-14(17)7-13)8-21(10)16-18-11(2)12(3)19-20-16/h4-7,10,15H,8-9H2,1-3H3/t10-,15-/m1/s1. The summed E-state index contributed by atoms with van der Waals surface area (Å²) >= 11 is 6.08. The molecular formula is C16H19ClN4O. The minimum Gasteiger partial charge on any atom is -0.370 e. The minimum absolute atomic E-state index is 0.0416. The molecule has 1 saturated heterocycles. The van der Waals surface area contributed by atoms with Crippen LogP contribution in [0.15, 0.2) is 24.3 Å². The Morgan fingerprint density at radius 1 is 1.23 bits per heavy atom. The van der Waals surface area contributed by atoms with E-state index in [1.807, 2.05) is 38.1 Å². The summed E-state index contributed by atoms with van der Waals surface area (Å²) in [5.74, 6) is 0.658. The Labute approximate surface area is 135 Å². The van der Waals surface area contributed by atoms with Gasteiger partial charge < -0.3 is 9.64 Å². The second-order valence-electron chi connectivity index (χ2n) is 5.66. The van der Waals surface area contributed by atoms with Gasteiger partial charge in [0.05, 0.1) is 30.6 Å². The SMILES string of the molecule is Cc1nnc(N2C[C@H](c3cccc(Cl)c3)OC[C@H]2C)nc1C. The van der Waals surface area contributed by atoms with E-state index in [1.54, 1.807) is 0 Å². The molecule has 0 radical (unpaired) electrons. The molecule has 1 aromatic heterocycles. The van der Waals surface area contributed by atoms with E-state index in [2.05, 4.69) is 27.0 Å². The number of benzene rings is 1. The Bertz CT molecular complexity index is 679. The predicted octanol–water partition coefficient (Wildman–Crippen LogP) is 3.11. The summed E-state index contributed by atoms with van der Waals surface area (Å²) in [6, 6.07) is 7.99. The Morgan fingerprint density at radius 2 is 2.05 bits per heavy atom. The fraction of sp³-hybridized carbons (Fsp3) is 0.438. The summed E-state index contributed by atoms with van der Waals surface area (Å²) in [6.45, 7) is 7.27. The number of nitrogens with zero attached hydrogens (tertiary/aromatic N) is 4. The molecule has 22 heavy (non-hydrogen) atoms. The molecule has 3 rings (SSSR count). The van der Waals surface area contributed by atoms with Crippen molar-refractivity contribution in [1.82, 2.24) is 15.2 Å². The predicted molar refractivity (Wildman–Crippen MR) is 86.3 cm³/mol. The third-order valence-corrected chi connectivity index (χ3v) is 4.23. The van der Waals surface area contributed by atoms with Gasteiger partial charge in [0.25, 0.3) is 0 Å². The molecule has 6 heteroatoms. The number of ether oxygens (including phenoxy) is 1. The van der Waals surface area contributed by atoms with Gasteiger partial charge in [-0.2, -0.15) is 5.10 Å². The Kier molecular flexibility index (Phi) is 4.27. The molecule has 116 valence electrons. The van der Waals surface area contributed by atoms with Crippen LogP contribution in [0.2, 0.25) is 5.02 Å². The second-order valence-corrected chi connectivity index (χ2v) is 6.10. The second kappa shape index (κ2) is 6.18. The maximum absolute atomic E-state index is 6.08. The molecule has 0 spiro atoms. The van der Waals surface area contributed by atoms with Crippen LogP contribution in [-0.2, 0) is 4.74 Å². The van der Waals surface area contributed by atoms with Crippen molar-refractivity contribution in [2.24, 2.45) is 0 Å². The summed E-state index contributed by atoms with van der Waals surface area (Å²) in [6.07, 6.45) is -0.0416. The number of hydrogen-bond acceptors (Lipinski definition) is 5. The van der Waals surface area contributed by atoms with Crippen LogP contribution in [-0.4, -0.2) is 34.4 Å². The Morgan fingerprint density at radius 3 is 2.77 bits per heavy atom. The average Bonchev–Trinajstić information content (AvgIpc) is 2.51. The maximum atomic E-state index is 6.08. The lowest BCUT2D eigenvalue weighted by molar-refractivity contribution is 0.0208. The molecule has 0 saturated carbocycles. The molecule has 1 aliphatic rings. The van der Waals surface area contributed by atoms with Gasteiger partial charge in [0.2, 0.25) is 5.95 Å². The van der Waals surface area contributed by atoms with Gasteiger partial charge in [-0.25, -0.2) is 4.98 Å². The molecule has 2 atom stereocenters. The van der Waals surface area contributed by atoms with Crippen molar-refractivity contribution in [3.05, 3.63) is 46.2 Å². The Balaban J connectivity index is 1.86. The molecule has 0 bridgehead atoms. The van der Waals surface area contributed by atoms with E-state index in [0.29, 0.717) is 19.1 Å². The molecule has 0 amide bonds. The van der Waals surface area contributed by atoms with Crippen LogP contribution in [0.3, 0.4) is 0 Å². The highest BCUT2D eigenvalue weighted by atomic mass is 35.5. The molecule has 2 heterocycles. The van der Waals surface area contributed by atoms with Crippen LogP contribution >= 0.6 is 11.6 Å². The number of halogens is 1. The summed E-state index contributed by atoms with van der Waals surface area (Å²) < 4.78 is 5.96. The summed E-state index contributed by atoms with van der Waals surface area (Å²) in [4.78, 5) is 6.71. The molecule has 1 fully saturated rings. The zero-order valence-corrected chi connectivity index (χ0v) is 13.7. The summed E-state index contributed by atoms with van der Waals surface area (Å²) in [7, 11) is 0. The number of rotatable bonds is 2. The zero-order valence-electron chi connectivity index (χ0n) is 13.0. The van der Waals surface area contributed by atoms with E-state index in [-0.39, 0.29) is 12.1 Å². The van der Waals surface area contributed by atoms with Gasteiger partial charge in [0, 0.05) is 5.02 Å². The molecule has 1 aromatic carbocycles. The first-order valence-corrected chi connectivity index (χ1v) is 7.74. The lowest BCUT2D eigenvalue weighted by Crippen LogP contribution is -2.46. The number of aryl methyl sites for hydroxylation is 2. The molecule has 0 aliphatic carbocycles. The highest BCUT2D eigenvalue weighted by Crippen LogP contribution is 2.28. The third kappa shape index (κ3) is 3.05. The van der Waals surface area contributed by atoms with E-state index in [1.165, 1.54) is 0 Å². The van der Waals surface area contributed by atoms with Crippen LogP contribution < -0.4 is 4.90 Å². The van der Waals surface area contributed by atoms with E-state index in [0.717, 1.165) is 22.0 Å². The van der Waals surface area contributed by atoms with E-state index >= 15 is 0 Å². The first-order valence-electron chi connectivity index (χ1n) is 7.36. The third-order valence-electron chi connectivity index (χ3n) is 3.99. The highest BCUT2D eigenvalue weighted by molar-refractivity contribution is 6.30. The Hall–Kier alpha value is -1.72. The van der Waals surface area contributed by atoms with E-state index < -0.39 is 0 Å². The van der Waals surface area contributed by atoms with Gasteiger partial charge >= 0.3 is 0 Å². The van der Waals surface area contributed by atoms with Gasteiger partial charge in [-0.15, -0.1) is 5.10 Å². The van der Waals surface area contributed by atoms with Crippen LogP contribution in [0.5, 0.6) is 0 Å². The normalized spacial score (nSPS) is 21.9. The smallest absolute Gasteiger partial charge is 0.246 e. The van der Waals surface area contributed by atoms with Gasteiger partial charge in [0.1, 0.15) is 6.10 Å². The lowest BCUT2D eigenvalue weighted by Gasteiger charge is -2.38. The van der Waals surface area contributed by atoms with Crippen molar-refractivity contribution in [2.45, 2.75) is 32.9 Å². The topological polar surface area (TPSA) is 51.1 Å². The number of hydrogen-bond donors (Lipinski definition) is 0. The van der Waals surface area contributed by atoms with E-state index in [4.69, 9.17) is 16.3 Å². The van der Waals surface area contributed by atoms with Crippen molar-refractivity contribution in [1.29, 1.82) is 0 Å². The van der Waals surface area contributed by atoms with Crippen molar-refractivity contribution < 1.29 is 4.74 Å². The largest absolute Gasteiger partial charge is 0.370 e. The van der Waals surface area contributed by atoms with Crippen molar-refractivity contribution in [3.8, 4) is 0 Å². The first kappa shape index (κ1) is 15.2. The molecule has 1 aliphatic heterocycles. The van der Waals surface area contributed by atoms with Crippen molar-refractivity contribution in [2.75, 3.05) is 18.1 Å². The van der Waals surface area contributed by atoms with Gasteiger partial charge in [-0.3, -0.25) is 0 Å². The van der Waals surface area contributed by atoms with Crippen LogP contribution in [0, 0.1) is 13.8 Å². The minimum atomic E-state index is -0.0416. The molecule has 5 nitrogen and oxygen atoms in total. The summed E-state index contributed by atoms with van der Waals surface area (Å²) in [5, 5.41) is 9.14. The molecule has 0 N–H and O–H groups in total. The molecular weight excluding hydrogens is 300 g/mol. The van der Waals surface area contributed by atoms with Gasteiger partial charge in [-0.1, -0.05) is 23.7 Å². The number of aromatic nitrogens is 3. The van der Waals surface area contributed by atoms with Gasteiger partial charge in [-0.05, 0) is 38.5 Å². The van der Waals surface area contributed by atoms with E-state index in [9.17, 15) is 0 Å².